The van der Waals surface area contributed by atoms with E-state index in [9.17, 15) is 9.59 Å². The van der Waals surface area contributed by atoms with Gasteiger partial charge in [-0.25, -0.2) is 8.78 Å². The molecule has 0 fully saturated rings. The fourth-order valence-corrected chi connectivity index (χ4v) is 5.48. The van der Waals surface area contributed by atoms with Crippen LogP contribution in [0.25, 0.3) is 82.6 Å². The summed E-state index contributed by atoms with van der Waals surface area (Å²) in [5.41, 5.74) is -0.840. The molecule has 3 aromatic carbocycles. The summed E-state index contributed by atoms with van der Waals surface area (Å²) in [6.07, 6.45) is 0. The Morgan fingerprint density at radius 3 is 1.22 bits per heavy atom. The van der Waals surface area contributed by atoms with Crippen molar-refractivity contribution in [1.82, 2.24) is 9.13 Å². The van der Waals surface area contributed by atoms with E-state index in [1.54, 1.807) is 13.8 Å². The first-order valence-electron chi connectivity index (χ1n) is 11.5. The van der Waals surface area contributed by atoms with Crippen molar-refractivity contribution >= 4 is 82.6 Å². The Morgan fingerprint density at radius 2 is 0.917 bits per heavy atom. The van der Waals surface area contributed by atoms with Crippen molar-refractivity contribution in [2.24, 2.45) is 0 Å². The van der Waals surface area contributed by atoms with Crippen molar-refractivity contribution in [3.63, 3.8) is 0 Å². The minimum absolute atomic E-state index is 0.0584. The van der Waals surface area contributed by atoms with Gasteiger partial charge in [-0.3, -0.25) is 9.59 Å². The average molecular weight is 483 g/mol. The molecule has 0 aliphatic rings. The Bertz CT molecular complexity index is 2130. The summed E-state index contributed by atoms with van der Waals surface area (Å²) in [5.74, 6) is -1.58. The molecule has 0 atom stereocenters. The molecular formula is C30H24F2N2O2. The molecule has 0 aliphatic heterocycles. The number of halogens is 2. The first kappa shape index (κ1) is 23.4. The van der Waals surface area contributed by atoms with E-state index in [0.29, 0.717) is 55.4 Å². The summed E-state index contributed by atoms with van der Waals surface area (Å²) in [6, 6.07) is 2.22. The van der Waals surface area contributed by atoms with E-state index in [4.69, 9.17) is 0 Å². The van der Waals surface area contributed by atoms with Gasteiger partial charge in [-0.2, -0.15) is 0 Å². The SMILES string of the molecule is C=c1c(=C)n(CC)c(=O)c2cc(F)c3c4c(F)cc5c(=O)n(CC)c(=C)c(=C)c5c4c(=C)c(=C)c3c12. The van der Waals surface area contributed by atoms with Crippen LogP contribution in [0, 0.1) is 11.6 Å². The number of hydrogen-bond donors (Lipinski definition) is 0. The van der Waals surface area contributed by atoms with E-state index < -0.39 is 22.8 Å². The van der Waals surface area contributed by atoms with E-state index in [2.05, 4.69) is 39.5 Å². The Hall–Kier alpha value is -4.32. The highest BCUT2D eigenvalue weighted by atomic mass is 19.1. The number of hydrogen-bond acceptors (Lipinski definition) is 2. The van der Waals surface area contributed by atoms with Crippen LogP contribution in [0.5, 0.6) is 0 Å². The monoisotopic (exact) mass is 482 g/mol. The van der Waals surface area contributed by atoms with E-state index in [1.807, 2.05) is 0 Å². The van der Waals surface area contributed by atoms with Gasteiger partial charge in [-0.1, -0.05) is 39.5 Å². The Labute approximate surface area is 203 Å². The van der Waals surface area contributed by atoms with Crippen molar-refractivity contribution in [3.05, 3.63) is 76.0 Å². The molecule has 36 heavy (non-hydrogen) atoms. The fourth-order valence-electron chi connectivity index (χ4n) is 5.48. The lowest BCUT2D eigenvalue weighted by molar-refractivity contribution is 0.632. The molecule has 2 aromatic heterocycles. The summed E-state index contributed by atoms with van der Waals surface area (Å²) >= 11 is 0. The zero-order valence-corrected chi connectivity index (χ0v) is 20.3. The molecule has 5 aromatic rings. The van der Waals surface area contributed by atoms with Gasteiger partial charge in [-0.05, 0) is 46.9 Å². The highest BCUT2D eigenvalue weighted by molar-refractivity contribution is 6.22. The third kappa shape index (κ3) is 2.67. The molecule has 6 heteroatoms. The third-order valence-corrected chi connectivity index (χ3v) is 7.31. The van der Waals surface area contributed by atoms with Crippen molar-refractivity contribution < 1.29 is 8.78 Å². The topological polar surface area (TPSA) is 44.0 Å². The second-order valence-corrected chi connectivity index (χ2v) is 8.97. The average Bonchev–Trinajstić information content (AvgIpc) is 2.84. The summed E-state index contributed by atoms with van der Waals surface area (Å²) in [7, 11) is 0. The highest BCUT2D eigenvalue weighted by Crippen LogP contribution is 2.31. The number of aromatic nitrogens is 2. The van der Waals surface area contributed by atoms with Crippen molar-refractivity contribution in [2.45, 2.75) is 26.9 Å². The Balaban J connectivity index is 2.28. The summed E-state index contributed by atoms with van der Waals surface area (Å²) < 4.78 is 34.6. The molecule has 0 saturated carbocycles. The van der Waals surface area contributed by atoms with Crippen molar-refractivity contribution in [3.8, 4) is 0 Å². The van der Waals surface area contributed by atoms with Crippen LogP contribution in [-0.2, 0) is 13.1 Å². The number of fused-ring (bicyclic) bond motifs is 7. The van der Waals surface area contributed by atoms with E-state index in [0.717, 1.165) is 12.1 Å². The highest BCUT2D eigenvalue weighted by Gasteiger charge is 2.21. The molecule has 0 bridgehead atoms. The largest absolute Gasteiger partial charge is 0.309 e. The van der Waals surface area contributed by atoms with E-state index in [-0.39, 0.29) is 32.3 Å². The molecular weight excluding hydrogens is 458 g/mol. The zero-order chi connectivity index (χ0) is 26.4. The lowest BCUT2D eigenvalue weighted by Crippen LogP contribution is -2.43. The molecule has 0 aliphatic carbocycles. The van der Waals surface area contributed by atoms with Gasteiger partial charge in [-0.15, -0.1) is 0 Å². The summed E-state index contributed by atoms with van der Waals surface area (Å²) in [6.45, 7) is 28.7. The first-order valence-corrected chi connectivity index (χ1v) is 11.5. The minimum Gasteiger partial charge on any atom is -0.309 e. The number of rotatable bonds is 2. The van der Waals surface area contributed by atoms with Gasteiger partial charge < -0.3 is 9.13 Å². The summed E-state index contributed by atoms with van der Waals surface area (Å²) in [4.78, 5) is 26.4. The molecule has 0 unspecified atom stereocenters. The standard InChI is InChI=1S/C30H24F2N2O2/c1-9-33-17(7)15(5)23-19(29(33)35)11-21(31)27-25(23)13(3)14(4)26-24-16(6)18(8)34(10-2)30(36)20(24)12-22(32)28(26)27/h11-12H,3-10H2,1-2H3. The second-order valence-electron chi connectivity index (χ2n) is 8.97. The van der Waals surface area contributed by atoms with Crippen molar-refractivity contribution in [1.29, 1.82) is 0 Å². The Kier molecular flexibility index (Phi) is 4.94. The zero-order valence-electron chi connectivity index (χ0n) is 20.3. The van der Waals surface area contributed by atoms with Gasteiger partial charge in [0.2, 0.25) is 0 Å². The van der Waals surface area contributed by atoms with Crippen LogP contribution in [-0.4, -0.2) is 9.13 Å². The molecule has 0 amide bonds. The number of pyridine rings is 2. The van der Waals surface area contributed by atoms with Crippen LogP contribution >= 0.6 is 0 Å². The third-order valence-electron chi connectivity index (χ3n) is 7.31. The van der Waals surface area contributed by atoms with Gasteiger partial charge in [0, 0.05) is 56.1 Å². The molecule has 0 radical (unpaired) electrons. The molecule has 4 nitrogen and oxygen atoms in total. The maximum atomic E-state index is 15.9. The van der Waals surface area contributed by atoms with Crippen LogP contribution < -0.4 is 42.7 Å². The predicted octanol–water partition coefficient (Wildman–Crippen LogP) is 1.40. The number of nitrogens with zero attached hydrogens (tertiary/aromatic N) is 2. The predicted molar refractivity (Wildman–Crippen MR) is 147 cm³/mol. The van der Waals surface area contributed by atoms with E-state index in [1.165, 1.54) is 9.13 Å². The van der Waals surface area contributed by atoms with Gasteiger partial charge in [0.25, 0.3) is 11.1 Å². The lowest BCUT2D eigenvalue weighted by Gasteiger charge is -2.16. The molecule has 5 rings (SSSR count). The molecule has 180 valence electrons. The van der Waals surface area contributed by atoms with Gasteiger partial charge >= 0.3 is 0 Å². The van der Waals surface area contributed by atoms with Crippen LogP contribution in [0.4, 0.5) is 8.78 Å². The normalized spacial score (nSPS) is 11.9. The molecule has 0 N–H and O–H groups in total. The van der Waals surface area contributed by atoms with Crippen LogP contribution in [0.2, 0.25) is 0 Å². The Morgan fingerprint density at radius 1 is 0.583 bits per heavy atom. The lowest BCUT2D eigenvalue weighted by atomic mass is 9.90. The summed E-state index contributed by atoms with van der Waals surface area (Å²) in [5, 5.41) is 3.52. The smallest absolute Gasteiger partial charge is 0.259 e. The molecule has 0 spiro atoms. The van der Waals surface area contributed by atoms with Crippen LogP contribution in [0.15, 0.2) is 21.7 Å². The maximum Gasteiger partial charge on any atom is 0.259 e. The number of benzene rings is 3. The minimum atomic E-state index is -0.788. The van der Waals surface area contributed by atoms with Gasteiger partial charge in [0.1, 0.15) is 11.6 Å². The first-order chi connectivity index (χ1) is 17.0. The fraction of sp³-hybridized carbons (Fsp3) is 0.133. The molecule has 0 saturated heterocycles. The molecule has 2 heterocycles. The quantitative estimate of drug-likeness (QED) is 0.357. The second kappa shape index (κ2) is 7.59. The van der Waals surface area contributed by atoms with Crippen LogP contribution in [0.1, 0.15) is 13.8 Å². The van der Waals surface area contributed by atoms with Gasteiger partial charge in [0.15, 0.2) is 0 Å². The van der Waals surface area contributed by atoms with E-state index >= 15 is 8.78 Å². The van der Waals surface area contributed by atoms with Crippen LogP contribution in [0.3, 0.4) is 0 Å². The van der Waals surface area contributed by atoms with Gasteiger partial charge in [0.05, 0.1) is 10.8 Å². The maximum absolute atomic E-state index is 15.9. The van der Waals surface area contributed by atoms with Crippen molar-refractivity contribution in [2.75, 3.05) is 0 Å².